The fraction of sp³-hybridized carbons (Fsp3) is 0.400. The molecule has 0 radical (unpaired) electrons. The molecule has 1 aromatic carbocycles. The number of nitrogens with zero attached hydrogens (tertiary/aromatic N) is 1. The van der Waals surface area contributed by atoms with Gasteiger partial charge in [0.15, 0.2) is 0 Å². The van der Waals surface area contributed by atoms with Gasteiger partial charge in [-0.25, -0.2) is 0 Å². The van der Waals surface area contributed by atoms with E-state index in [0.717, 1.165) is 16.5 Å². The first-order valence-corrected chi connectivity index (χ1v) is 6.23. The van der Waals surface area contributed by atoms with E-state index in [1.165, 1.54) is 0 Å². The second-order valence-corrected chi connectivity index (χ2v) is 5.60. The highest BCUT2D eigenvalue weighted by molar-refractivity contribution is 5.79. The lowest BCUT2D eigenvalue weighted by molar-refractivity contribution is 0.163. The van der Waals surface area contributed by atoms with Gasteiger partial charge < -0.3 is 10.4 Å². The molecule has 0 aliphatic carbocycles. The lowest BCUT2D eigenvalue weighted by Gasteiger charge is -2.23. The molecule has 0 fully saturated rings. The van der Waals surface area contributed by atoms with E-state index in [2.05, 4.69) is 31.1 Å². The molecule has 2 N–H and O–H groups in total. The zero-order valence-electron chi connectivity index (χ0n) is 11.1. The quantitative estimate of drug-likeness (QED) is 0.872. The van der Waals surface area contributed by atoms with Crippen LogP contribution in [0.4, 0.5) is 0 Å². The highest BCUT2D eigenvalue weighted by atomic mass is 16.3. The molecular weight excluding hydrogens is 224 g/mol. The maximum Gasteiger partial charge on any atom is 0.0914 e. The van der Waals surface area contributed by atoms with Crippen LogP contribution in [-0.4, -0.2) is 22.2 Å². The van der Waals surface area contributed by atoms with Gasteiger partial charge in [0.05, 0.1) is 11.6 Å². The van der Waals surface area contributed by atoms with Gasteiger partial charge >= 0.3 is 0 Å². The van der Waals surface area contributed by atoms with Gasteiger partial charge in [-0.15, -0.1) is 0 Å². The van der Waals surface area contributed by atoms with Crippen LogP contribution in [0.15, 0.2) is 36.5 Å². The average Bonchev–Trinajstić information content (AvgIpc) is 2.34. The van der Waals surface area contributed by atoms with Gasteiger partial charge in [-0.05, 0) is 44.5 Å². The zero-order chi connectivity index (χ0) is 13.2. The first kappa shape index (κ1) is 13.0. The molecule has 0 saturated heterocycles. The third-order valence-corrected chi connectivity index (χ3v) is 2.84. The average molecular weight is 244 g/mol. The minimum Gasteiger partial charge on any atom is -0.387 e. The number of hydrogen-bond acceptors (Lipinski definition) is 3. The Morgan fingerprint density at radius 3 is 2.78 bits per heavy atom. The number of aliphatic hydroxyl groups excluding tert-OH is 1. The molecule has 3 nitrogen and oxygen atoms in total. The van der Waals surface area contributed by atoms with Crippen molar-refractivity contribution in [2.45, 2.75) is 32.4 Å². The smallest absolute Gasteiger partial charge is 0.0914 e. The number of aliphatic hydroxyl groups is 1. The predicted octanol–water partition coefficient (Wildman–Crippen LogP) is 2.66. The van der Waals surface area contributed by atoms with Crippen molar-refractivity contribution in [3.63, 3.8) is 0 Å². The van der Waals surface area contributed by atoms with E-state index in [9.17, 15) is 5.11 Å². The molecule has 0 aliphatic heterocycles. The highest BCUT2D eigenvalue weighted by Crippen LogP contribution is 2.19. The summed E-state index contributed by atoms with van der Waals surface area (Å²) in [6.45, 7) is 6.81. The Balaban J connectivity index is 2.15. The monoisotopic (exact) mass is 244 g/mol. The SMILES string of the molecule is CC(C)(C)NCC(O)c1ccc2ncccc2c1. The van der Waals surface area contributed by atoms with Gasteiger partial charge in [-0.1, -0.05) is 12.1 Å². The highest BCUT2D eigenvalue weighted by Gasteiger charge is 2.13. The fourth-order valence-corrected chi connectivity index (χ4v) is 1.82. The Labute approximate surface area is 108 Å². The first-order valence-electron chi connectivity index (χ1n) is 6.23. The molecule has 2 aromatic rings. The third kappa shape index (κ3) is 3.28. The minimum atomic E-state index is -0.492. The number of fused-ring (bicyclic) bond motifs is 1. The fourth-order valence-electron chi connectivity index (χ4n) is 1.82. The van der Waals surface area contributed by atoms with Crippen molar-refractivity contribution in [3.8, 4) is 0 Å². The van der Waals surface area contributed by atoms with Gasteiger partial charge in [-0.3, -0.25) is 4.98 Å². The molecule has 1 atom stereocenters. The molecule has 0 aliphatic rings. The number of benzene rings is 1. The van der Waals surface area contributed by atoms with Gasteiger partial charge in [0.25, 0.3) is 0 Å². The number of β-amino-alcohol motifs (C(OH)–C–C–N with tert-alkyl or cyclic N) is 1. The molecule has 1 unspecified atom stereocenters. The summed E-state index contributed by atoms with van der Waals surface area (Å²) in [7, 11) is 0. The Morgan fingerprint density at radius 2 is 2.06 bits per heavy atom. The summed E-state index contributed by atoms with van der Waals surface area (Å²) in [6.07, 6.45) is 1.29. The Bertz CT molecular complexity index is 531. The van der Waals surface area contributed by atoms with Gasteiger partial charge in [0.1, 0.15) is 0 Å². The Morgan fingerprint density at radius 1 is 1.28 bits per heavy atom. The van der Waals surface area contributed by atoms with Crippen LogP contribution in [0.1, 0.15) is 32.4 Å². The standard InChI is InChI=1S/C15H20N2O/c1-15(2,3)17-10-14(18)12-6-7-13-11(9-12)5-4-8-16-13/h4-9,14,17-18H,10H2,1-3H3. The number of hydrogen-bond donors (Lipinski definition) is 2. The molecule has 96 valence electrons. The Kier molecular flexibility index (Phi) is 3.64. The molecular formula is C15H20N2O. The predicted molar refractivity (Wildman–Crippen MR) is 74.5 cm³/mol. The first-order chi connectivity index (χ1) is 8.46. The van der Waals surface area contributed by atoms with Crippen LogP contribution < -0.4 is 5.32 Å². The van der Waals surface area contributed by atoms with Crippen molar-refractivity contribution in [2.24, 2.45) is 0 Å². The summed E-state index contributed by atoms with van der Waals surface area (Å²) in [4.78, 5) is 4.27. The molecule has 1 aromatic heterocycles. The van der Waals surface area contributed by atoms with Crippen molar-refractivity contribution in [1.29, 1.82) is 0 Å². The van der Waals surface area contributed by atoms with Crippen LogP contribution in [0.2, 0.25) is 0 Å². The summed E-state index contributed by atoms with van der Waals surface area (Å²) in [5.74, 6) is 0. The van der Waals surface area contributed by atoms with Gasteiger partial charge in [0, 0.05) is 23.7 Å². The van der Waals surface area contributed by atoms with E-state index in [4.69, 9.17) is 0 Å². The minimum absolute atomic E-state index is 0.0133. The van der Waals surface area contributed by atoms with Crippen LogP contribution in [0, 0.1) is 0 Å². The van der Waals surface area contributed by atoms with Crippen molar-refractivity contribution in [3.05, 3.63) is 42.1 Å². The summed E-state index contributed by atoms with van der Waals surface area (Å²) in [6, 6.07) is 9.80. The number of aromatic nitrogens is 1. The topological polar surface area (TPSA) is 45.1 Å². The van der Waals surface area contributed by atoms with E-state index in [1.807, 2.05) is 30.3 Å². The van der Waals surface area contributed by atoms with Crippen molar-refractivity contribution in [1.82, 2.24) is 10.3 Å². The summed E-state index contributed by atoms with van der Waals surface area (Å²) in [5.41, 5.74) is 1.89. The molecule has 2 rings (SSSR count). The molecule has 3 heteroatoms. The molecule has 0 saturated carbocycles. The third-order valence-electron chi connectivity index (χ3n) is 2.84. The number of nitrogens with one attached hydrogen (secondary N) is 1. The van der Waals surface area contributed by atoms with Crippen molar-refractivity contribution >= 4 is 10.9 Å². The number of pyridine rings is 1. The Hall–Kier alpha value is -1.45. The van der Waals surface area contributed by atoms with E-state index in [1.54, 1.807) is 6.20 Å². The van der Waals surface area contributed by atoms with E-state index >= 15 is 0 Å². The number of rotatable bonds is 3. The second kappa shape index (κ2) is 5.04. The van der Waals surface area contributed by atoms with Crippen LogP contribution in [0.25, 0.3) is 10.9 Å². The molecule has 18 heavy (non-hydrogen) atoms. The molecule has 0 amide bonds. The molecule has 0 spiro atoms. The largest absolute Gasteiger partial charge is 0.387 e. The van der Waals surface area contributed by atoms with E-state index in [-0.39, 0.29) is 5.54 Å². The van der Waals surface area contributed by atoms with Gasteiger partial charge in [-0.2, -0.15) is 0 Å². The lowest BCUT2D eigenvalue weighted by Crippen LogP contribution is -2.38. The zero-order valence-corrected chi connectivity index (χ0v) is 11.1. The maximum absolute atomic E-state index is 10.2. The van der Waals surface area contributed by atoms with Crippen molar-refractivity contribution in [2.75, 3.05) is 6.54 Å². The normalized spacial score (nSPS) is 13.8. The second-order valence-electron chi connectivity index (χ2n) is 5.60. The summed E-state index contributed by atoms with van der Waals surface area (Å²) < 4.78 is 0. The summed E-state index contributed by atoms with van der Waals surface area (Å²) in [5, 5.41) is 14.5. The molecule has 0 bridgehead atoms. The molecule has 1 heterocycles. The van der Waals surface area contributed by atoms with E-state index < -0.39 is 6.10 Å². The van der Waals surface area contributed by atoms with Gasteiger partial charge in [0.2, 0.25) is 0 Å². The van der Waals surface area contributed by atoms with Crippen molar-refractivity contribution < 1.29 is 5.11 Å². The van der Waals surface area contributed by atoms with E-state index in [0.29, 0.717) is 6.54 Å². The lowest BCUT2D eigenvalue weighted by atomic mass is 10.0. The van der Waals surface area contributed by atoms with Crippen LogP contribution in [0.5, 0.6) is 0 Å². The van der Waals surface area contributed by atoms with Crippen LogP contribution >= 0.6 is 0 Å². The van der Waals surface area contributed by atoms with Crippen LogP contribution in [-0.2, 0) is 0 Å². The summed E-state index contributed by atoms with van der Waals surface area (Å²) >= 11 is 0. The van der Waals surface area contributed by atoms with Crippen LogP contribution in [0.3, 0.4) is 0 Å². The maximum atomic E-state index is 10.2.